The molecule has 1 N–H and O–H groups in total. The highest BCUT2D eigenvalue weighted by Crippen LogP contribution is 2.15. The number of hydrogen-bond donors (Lipinski definition) is 1. The third-order valence-corrected chi connectivity index (χ3v) is 2.72. The second-order valence-electron chi connectivity index (χ2n) is 4.20. The van der Waals surface area contributed by atoms with Crippen molar-refractivity contribution >= 4 is 17.0 Å². The van der Waals surface area contributed by atoms with Crippen molar-refractivity contribution in [3.8, 4) is 0 Å². The summed E-state index contributed by atoms with van der Waals surface area (Å²) in [6, 6.07) is 10.6. The van der Waals surface area contributed by atoms with Crippen LogP contribution < -0.4 is 5.32 Å². The van der Waals surface area contributed by atoms with Crippen LogP contribution in [0.15, 0.2) is 36.4 Å². The van der Waals surface area contributed by atoms with E-state index in [2.05, 4.69) is 52.8 Å². The van der Waals surface area contributed by atoms with Gasteiger partial charge in [-0.2, -0.15) is 0 Å². The molecule has 2 rings (SSSR count). The quantitative estimate of drug-likeness (QED) is 0.810. The van der Waals surface area contributed by atoms with E-state index in [1.165, 1.54) is 10.9 Å². The van der Waals surface area contributed by atoms with E-state index in [0.29, 0.717) is 0 Å². The van der Waals surface area contributed by atoms with Crippen LogP contribution in [-0.2, 0) is 0 Å². The molecule has 1 heterocycles. The number of aromatic nitrogens is 1. The Morgan fingerprint density at radius 3 is 2.94 bits per heavy atom. The van der Waals surface area contributed by atoms with E-state index in [0.717, 1.165) is 24.2 Å². The van der Waals surface area contributed by atoms with Crippen LogP contribution in [-0.4, -0.2) is 18.6 Å². The Kier molecular flexibility index (Phi) is 3.89. The summed E-state index contributed by atoms with van der Waals surface area (Å²) in [5, 5.41) is 4.33. The molecule has 0 bridgehead atoms. The van der Waals surface area contributed by atoms with Crippen molar-refractivity contribution in [2.45, 2.75) is 13.3 Å². The molecule has 1 aromatic carbocycles. The van der Waals surface area contributed by atoms with Gasteiger partial charge in [0.05, 0.1) is 5.52 Å². The molecule has 2 heteroatoms. The monoisotopic (exact) mass is 226 g/mol. The molecule has 2 aromatic rings. The zero-order valence-corrected chi connectivity index (χ0v) is 10.4. The minimum atomic E-state index is 1.02. The Bertz CT molecular complexity index is 529. The minimum Gasteiger partial charge on any atom is -0.319 e. The van der Waals surface area contributed by atoms with E-state index in [1.54, 1.807) is 0 Å². The van der Waals surface area contributed by atoms with E-state index in [9.17, 15) is 0 Å². The number of rotatable bonds is 4. The molecule has 17 heavy (non-hydrogen) atoms. The summed E-state index contributed by atoms with van der Waals surface area (Å²) >= 11 is 0. The normalized spacial score (nSPS) is 11.4. The van der Waals surface area contributed by atoms with E-state index >= 15 is 0 Å². The number of fused-ring (bicyclic) bond motifs is 1. The van der Waals surface area contributed by atoms with E-state index in [1.807, 2.05) is 14.0 Å². The Morgan fingerprint density at radius 1 is 1.24 bits per heavy atom. The summed E-state index contributed by atoms with van der Waals surface area (Å²) in [5.41, 5.74) is 3.37. The summed E-state index contributed by atoms with van der Waals surface area (Å²) in [5.74, 6) is 0. The van der Waals surface area contributed by atoms with Gasteiger partial charge >= 0.3 is 0 Å². The van der Waals surface area contributed by atoms with Gasteiger partial charge in [0.15, 0.2) is 0 Å². The molecule has 0 aliphatic heterocycles. The zero-order chi connectivity index (χ0) is 12.1. The molecule has 88 valence electrons. The van der Waals surface area contributed by atoms with Crippen LogP contribution in [0.2, 0.25) is 0 Å². The van der Waals surface area contributed by atoms with Crippen molar-refractivity contribution in [3.05, 3.63) is 47.7 Å². The maximum Gasteiger partial charge on any atom is 0.0705 e. The molecular weight excluding hydrogens is 208 g/mol. The molecule has 0 atom stereocenters. The number of pyridine rings is 1. The molecule has 0 radical (unpaired) electrons. The molecule has 0 amide bonds. The van der Waals surface area contributed by atoms with Crippen molar-refractivity contribution in [3.63, 3.8) is 0 Å². The standard InChI is InChI=1S/C15H18N2/c1-12-6-8-14-11-13(5-3-4-10-16-2)7-9-15(14)17-12/h3,5-9,11,16H,4,10H2,1-2H3. The van der Waals surface area contributed by atoms with Crippen LogP contribution in [0.1, 0.15) is 17.7 Å². The Hall–Kier alpha value is -1.67. The van der Waals surface area contributed by atoms with Gasteiger partial charge < -0.3 is 5.32 Å². The first-order chi connectivity index (χ1) is 8.29. The summed E-state index contributed by atoms with van der Waals surface area (Å²) < 4.78 is 0. The second kappa shape index (κ2) is 5.60. The molecule has 0 unspecified atom stereocenters. The lowest BCUT2D eigenvalue weighted by atomic mass is 10.1. The Morgan fingerprint density at radius 2 is 2.12 bits per heavy atom. The van der Waals surface area contributed by atoms with Crippen molar-refractivity contribution in [1.29, 1.82) is 0 Å². The smallest absolute Gasteiger partial charge is 0.0705 e. The number of benzene rings is 1. The van der Waals surface area contributed by atoms with Crippen molar-refractivity contribution < 1.29 is 0 Å². The van der Waals surface area contributed by atoms with Gasteiger partial charge in [-0.1, -0.05) is 24.3 Å². The highest BCUT2D eigenvalue weighted by atomic mass is 14.8. The largest absolute Gasteiger partial charge is 0.319 e. The number of hydrogen-bond acceptors (Lipinski definition) is 2. The van der Waals surface area contributed by atoms with Crippen LogP contribution in [0, 0.1) is 6.92 Å². The van der Waals surface area contributed by atoms with Crippen LogP contribution in [0.3, 0.4) is 0 Å². The van der Waals surface area contributed by atoms with Crippen LogP contribution >= 0.6 is 0 Å². The average molecular weight is 226 g/mol. The molecule has 2 nitrogen and oxygen atoms in total. The van der Waals surface area contributed by atoms with E-state index < -0.39 is 0 Å². The van der Waals surface area contributed by atoms with Gasteiger partial charge in [-0.15, -0.1) is 0 Å². The lowest BCUT2D eigenvalue weighted by Gasteiger charge is -2.00. The van der Waals surface area contributed by atoms with Gasteiger partial charge in [0.25, 0.3) is 0 Å². The summed E-state index contributed by atoms with van der Waals surface area (Å²) in [7, 11) is 1.97. The van der Waals surface area contributed by atoms with Crippen LogP contribution in [0.4, 0.5) is 0 Å². The zero-order valence-electron chi connectivity index (χ0n) is 10.4. The predicted octanol–water partition coefficient (Wildman–Crippen LogP) is 3.17. The first-order valence-corrected chi connectivity index (χ1v) is 5.98. The molecule has 0 aliphatic carbocycles. The fourth-order valence-corrected chi connectivity index (χ4v) is 1.80. The Labute approximate surface area is 102 Å². The maximum atomic E-state index is 4.49. The van der Waals surface area contributed by atoms with Gasteiger partial charge in [0.2, 0.25) is 0 Å². The SMILES string of the molecule is CNCCC=Cc1ccc2nc(C)ccc2c1. The number of aryl methyl sites for hydroxylation is 1. The van der Waals surface area contributed by atoms with Gasteiger partial charge in [-0.05, 0) is 50.7 Å². The predicted molar refractivity (Wildman–Crippen MR) is 74.1 cm³/mol. The maximum absolute atomic E-state index is 4.49. The molecule has 0 spiro atoms. The van der Waals surface area contributed by atoms with Gasteiger partial charge in [-0.25, -0.2) is 0 Å². The van der Waals surface area contributed by atoms with Gasteiger partial charge in [-0.3, -0.25) is 4.98 Å². The van der Waals surface area contributed by atoms with Gasteiger partial charge in [0.1, 0.15) is 0 Å². The van der Waals surface area contributed by atoms with E-state index in [-0.39, 0.29) is 0 Å². The van der Waals surface area contributed by atoms with Crippen molar-refractivity contribution in [1.82, 2.24) is 10.3 Å². The van der Waals surface area contributed by atoms with Gasteiger partial charge in [0, 0.05) is 11.1 Å². The Balaban J connectivity index is 2.20. The molecule has 1 aromatic heterocycles. The second-order valence-corrected chi connectivity index (χ2v) is 4.20. The summed E-state index contributed by atoms with van der Waals surface area (Å²) in [6.07, 6.45) is 5.41. The van der Waals surface area contributed by atoms with Crippen molar-refractivity contribution in [2.24, 2.45) is 0 Å². The number of nitrogens with zero attached hydrogens (tertiary/aromatic N) is 1. The fraction of sp³-hybridized carbons (Fsp3) is 0.267. The summed E-state index contributed by atoms with van der Waals surface area (Å²) in [6.45, 7) is 3.04. The lowest BCUT2D eigenvalue weighted by molar-refractivity contribution is 0.809. The molecule has 0 saturated heterocycles. The number of nitrogens with one attached hydrogen (secondary N) is 1. The third-order valence-electron chi connectivity index (χ3n) is 2.72. The topological polar surface area (TPSA) is 24.9 Å². The first-order valence-electron chi connectivity index (χ1n) is 5.98. The van der Waals surface area contributed by atoms with E-state index in [4.69, 9.17) is 0 Å². The fourth-order valence-electron chi connectivity index (χ4n) is 1.80. The average Bonchev–Trinajstić information content (AvgIpc) is 2.35. The highest BCUT2D eigenvalue weighted by molar-refractivity contribution is 5.81. The highest BCUT2D eigenvalue weighted by Gasteiger charge is 1.95. The molecule has 0 fully saturated rings. The lowest BCUT2D eigenvalue weighted by Crippen LogP contribution is -2.05. The summed E-state index contributed by atoms with van der Waals surface area (Å²) in [4.78, 5) is 4.49. The third kappa shape index (κ3) is 3.14. The van der Waals surface area contributed by atoms with Crippen molar-refractivity contribution in [2.75, 3.05) is 13.6 Å². The van der Waals surface area contributed by atoms with Crippen LogP contribution in [0.25, 0.3) is 17.0 Å². The molecular formula is C15H18N2. The molecule has 0 aliphatic rings. The molecule has 0 saturated carbocycles. The minimum absolute atomic E-state index is 1.02. The van der Waals surface area contributed by atoms with Crippen LogP contribution in [0.5, 0.6) is 0 Å². The first kappa shape index (κ1) is 11.8.